The van der Waals surface area contributed by atoms with Crippen LogP contribution in [0.1, 0.15) is 23.1 Å². The Morgan fingerprint density at radius 2 is 1.96 bits per heavy atom. The third-order valence-corrected chi connectivity index (χ3v) is 4.65. The number of hydrogen-bond donors (Lipinski definition) is 0. The van der Waals surface area contributed by atoms with Crippen LogP contribution >= 0.6 is 11.6 Å². The molecule has 0 saturated heterocycles. The van der Waals surface area contributed by atoms with Gasteiger partial charge in [0, 0.05) is 24.2 Å². The maximum Gasteiger partial charge on any atom is 0.0412 e. The van der Waals surface area contributed by atoms with Crippen LogP contribution in [0.4, 0.5) is 0 Å². The minimum Gasteiger partial charge on any atom is -0.288 e. The largest absolute Gasteiger partial charge is 0.288 e. The first-order valence-corrected chi connectivity index (χ1v) is 8.40. The maximum atomic E-state index is 6.14. The van der Waals surface area contributed by atoms with E-state index >= 15 is 0 Å². The number of benzene rings is 2. The topological polar surface area (TPSA) is 3.24 Å². The van der Waals surface area contributed by atoms with Crippen LogP contribution in [0.3, 0.4) is 0 Å². The van der Waals surface area contributed by atoms with E-state index in [4.69, 9.17) is 11.6 Å². The fourth-order valence-corrected chi connectivity index (χ4v) is 3.25. The highest BCUT2D eigenvalue weighted by molar-refractivity contribution is 6.30. The van der Waals surface area contributed by atoms with Crippen LogP contribution < -0.4 is 0 Å². The van der Waals surface area contributed by atoms with Crippen molar-refractivity contribution >= 4 is 17.2 Å². The van der Waals surface area contributed by atoms with Crippen molar-refractivity contribution < 1.29 is 0 Å². The standard InChI is InChI=1S/C21H22ClN/c1-16-9-11-18(12-10-16)15-23-13-4-3-8-21(23)17(2)19-6-5-7-20(22)14-19/h3-7,9-12,14,21H,2,8,13,15H2,1H3. The maximum absolute atomic E-state index is 6.14. The van der Waals surface area contributed by atoms with E-state index in [9.17, 15) is 0 Å². The van der Waals surface area contributed by atoms with Gasteiger partial charge in [0.1, 0.15) is 0 Å². The molecule has 23 heavy (non-hydrogen) atoms. The molecule has 1 nitrogen and oxygen atoms in total. The Bertz CT molecular complexity index is 715. The number of hydrogen-bond acceptors (Lipinski definition) is 1. The van der Waals surface area contributed by atoms with Gasteiger partial charge in [-0.25, -0.2) is 0 Å². The average Bonchev–Trinajstić information content (AvgIpc) is 2.57. The van der Waals surface area contributed by atoms with Gasteiger partial charge < -0.3 is 0 Å². The quantitative estimate of drug-likeness (QED) is 0.672. The molecule has 0 radical (unpaired) electrons. The van der Waals surface area contributed by atoms with Crippen LogP contribution in [0.15, 0.2) is 67.3 Å². The van der Waals surface area contributed by atoms with Gasteiger partial charge >= 0.3 is 0 Å². The molecule has 1 aliphatic heterocycles. The molecular weight excluding hydrogens is 302 g/mol. The molecule has 0 bridgehead atoms. The summed E-state index contributed by atoms with van der Waals surface area (Å²) in [5, 5.41) is 0.764. The summed E-state index contributed by atoms with van der Waals surface area (Å²) in [6.07, 6.45) is 5.50. The van der Waals surface area contributed by atoms with E-state index in [-0.39, 0.29) is 0 Å². The van der Waals surface area contributed by atoms with Crippen LogP contribution in [0, 0.1) is 6.92 Å². The van der Waals surface area contributed by atoms with Gasteiger partial charge in [-0.2, -0.15) is 0 Å². The molecule has 3 rings (SSSR count). The van der Waals surface area contributed by atoms with Crippen molar-refractivity contribution in [1.29, 1.82) is 0 Å². The molecule has 1 unspecified atom stereocenters. The first-order valence-electron chi connectivity index (χ1n) is 8.03. The van der Waals surface area contributed by atoms with Crippen molar-refractivity contribution in [2.75, 3.05) is 6.54 Å². The van der Waals surface area contributed by atoms with E-state index < -0.39 is 0 Å². The van der Waals surface area contributed by atoms with Crippen LogP contribution in [0.5, 0.6) is 0 Å². The lowest BCUT2D eigenvalue weighted by Gasteiger charge is -2.34. The highest BCUT2D eigenvalue weighted by atomic mass is 35.5. The molecule has 118 valence electrons. The van der Waals surface area contributed by atoms with Crippen molar-refractivity contribution in [2.24, 2.45) is 0 Å². The molecule has 0 spiro atoms. The summed E-state index contributed by atoms with van der Waals surface area (Å²) in [6, 6.07) is 17.1. The number of halogens is 1. The summed E-state index contributed by atoms with van der Waals surface area (Å²) in [5.41, 5.74) is 4.91. The summed E-state index contributed by atoms with van der Waals surface area (Å²) in [4.78, 5) is 2.48. The van der Waals surface area contributed by atoms with Crippen molar-refractivity contribution in [3.8, 4) is 0 Å². The summed E-state index contributed by atoms with van der Waals surface area (Å²) in [7, 11) is 0. The SMILES string of the molecule is C=C(c1cccc(Cl)c1)C1CC=CCN1Cc1ccc(C)cc1. The zero-order chi connectivity index (χ0) is 16.2. The molecule has 2 aromatic carbocycles. The second-order valence-corrected chi connectivity index (χ2v) is 6.61. The highest BCUT2D eigenvalue weighted by Crippen LogP contribution is 2.28. The lowest BCUT2D eigenvalue weighted by Crippen LogP contribution is -2.37. The van der Waals surface area contributed by atoms with E-state index in [1.165, 1.54) is 11.1 Å². The average molecular weight is 324 g/mol. The van der Waals surface area contributed by atoms with Crippen LogP contribution in [-0.4, -0.2) is 17.5 Å². The van der Waals surface area contributed by atoms with Gasteiger partial charge in [-0.05, 0) is 42.2 Å². The van der Waals surface area contributed by atoms with Crippen molar-refractivity contribution in [3.63, 3.8) is 0 Å². The Kier molecular flexibility index (Phi) is 5.00. The Labute approximate surface area is 143 Å². The van der Waals surface area contributed by atoms with Crippen LogP contribution in [0.2, 0.25) is 5.02 Å². The molecule has 0 aliphatic carbocycles. The minimum atomic E-state index is 0.319. The van der Waals surface area contributed by atoms with Gasteiger partial charge in [-0.3, -0.25) is 4.90 Å². The summed E-state index contributed by atoms with van der Waals surface area (Å²) < 4.78 is 0. The molecule has 0 amide bonds. The van der Waals surface area contributed by atoms with E-state index in [2.05, 4.69) is 60.9 Å². The first-order chi connectivity index (χ1) is 11.1. The summed E-state index contributed by atoms with van der Waals surface area (Å²) in [6.45, 7) is 8.38. The summed E-state index contributed by atoms with van der Waals surface area (Å²) >= 11 is 6.14. The zero-order valence-electron chi connectivity index (χ0n) is 13.5. The van der Waals surface area contributed by atoms with E-state index in [0.717, 1.165) is 35.7 Å². The molecule has 0 aromatic heterocycles. The second kappa shape index (κ2) is 7.16. The smallest absolute Gasteiger partial charge is 0.0412 e. The van der Waals surface area contributed by atoms with Crippen LogP contribution in [-0.2, 0) is 6.54 Å². The van der Waals surface area contributed by atoms with Crippen molar-refractivity contribution in [1.82, 2.24) is 4.90 Å². The van der Waals surface area contributed by atoms with E-state index in [1.54, 1.807) is 0 Å². The Balaban J connectivity index is 1.80. The number of nitrogens with zero attached hydrogens (tertiary/aromatic N) is 1. The molecule has 0 N–H and O–H groups in total. The lowest BCUT2D eigenvalue weighted by molar-refractivity contribution is 0.243. The zero-order valence-corrected chi connectivity index (χ0v) is 14.3. The Morgan fingerprint density at radius 3 is 2.70 bits per heavy atom. The van der Waals surface area contributed by atoms with Gasteiger partial charge in [-0.1, -0.05) is 72.3 Å². The van der Waals surface area contributed by atoms with Crippen molar-refractivity contribution in [3.05, 3.63) is 89.0 Å². The molecular formula is C21H22ClN. The minimum absolute atomic E-state index is 0.319. The normalized spacial score (nSPS) is 18.1. The molecule has 0 saturated carbocycles. The Hall–Kier alpha value is -1.83. The predicted molar refractivity (Wildman–Crippen MR) is 99.6 cm³/mol. The predicted octanol–water partition coefficient (Wildman–Crippen LogP) is 5.49. The van der Waals surface area contributed by atoms with Gasteiger partial charge in [0.05, 0.1) is 0 Å². The van der Waals surface area contributed by atoms with E-state index in [1.807, 2.05) is 18.2 Å². The Morgan fingerprint density at radius 1 is 1.17 bits per heavy atom. The van der Waals surface area contributed by atoms with Gasteiger partial charge in [0.2, 0.25) is 0 Å². The number of aryl methyl sites for hydroxylation is 1. The second-order valence-electron chi connectivity index (χ2n) is 6.17. The molecule has 1 heterocycles. The van der Waals surface area contributed by atoms with Crippen LogP contribution in [0.25, 0.3) is 5.57 Å². The molecule has 2 aromatic rings. The van der Waals surface area contributed by atoms with Gasteiger partial charge in [0.15, 0.2) is 0 Å². The molecule has 1 aliphatic rings. The molecule has 1 atom stereocenters. The monoisotopic (exact) mass is 323 g/mol. The number of rotatable bonds is 4. The lowest BCUT2D eigenvalue weighted by atomic mass is 9.94. The molecule has 2 heteroatoms. The van der Waals surface area contributed by atoms with E-state index in [0.29, 0.717) is 6.04 Å². The first kappa shape index (κ1) is 16.0. The molecule has 0 fully saturated rings. The fourth-order valence-electron chi connectivity index (χ4n) is 3.06. The summed E-state index contributed by atoms with van der Waals surface area (Å²) in [5.74, 6) is 0. The van der Waals surface area contributed by atoms with Gasteiger partial charge in [0.25, 0.3) is 0 Å². The third kappa shape index (κ3) is 3.93. The fraction of sp³-hybridized carbons (Fsp3) is 0.238. The van der Waals surface area contributed by atoms with Crippen molar-refractivity contribution in [2.45, 2.75) is 25.9 Å². The van der Waals surface area contributed by atoms with Gasteiger partial charge in [-0.15, -0.1) is 0 Å². The highest BCUT2D eigenvalue weighted by Gasteiger charge is 2.23. The third-order valence-electron chi connectivity index (χ3n) is 4.41.